The second-order valence-electron chi connectivity index (χ2n) is 1.85. The molecule has 13 heavy (non-hydrogen) atoms. The smallest absolute Gasteiger partial charge is 1.00 e. The predicted molar refractivity (Wildman–Crippen MR) is 45.0 cm³/mol. The van der Waals surface area contributed by atoms with Crippen molar-refractivity contribution in [1.29, 1.82) is 0 Å². The van der Waals surface area contributed by atoms with E-state index in [1.54, 1.807) is 0 Å². The Morgan fingerprint density at radius 2 is 2.08 bits per heavy atom. The van der Waals surface area contributed by atoms with Gasteiger partial charge in [0.05, 0.1) is 0 Å². The maximum absolute atomic E-state index is 10.4. The van der Waals surface area contributed by atoms with Crippen LogP contribution in [0.2, 0.25) is 0 Å². The van der Waals surface area contributed by atoms with Crippen LogP contribution in [-0.2, 0) is 13.8 Å². The molecule has 0 aliphatic carbocycles. The fourth-order valence-corrected chi connectivity index (χ4v) is 0.726. The summed E-state index contributed by atoms with van der Waals surface area (Å²) >= 11 is 0. The summed E-state index contributed by atoms with van der Waals surface area (Å²) in [5.74, 6) is 4.55. The maximum Gasteiger partial charge on any atom is 1.00 e. The third-order valence-electron chi connectivity index (χ3n) is 0.950. The van der Waals surface area contributed by atoms with Gasteiger partial charge in [0.2, 0.25) is 0 Å². The second kappa shape index (κ2) is 12.9. The van der Waals surface area contributed by atoms with Crippen LogP contribution in [0.5, 0.6) is 0 Å². The standard InChI is InChI=1S/C4H14N4O3P.Na.H/c5-1-2-7-3-4-8-11-12(9)10-6;;/h7-8H,1-6H2;;/q2*+1;-1. The molecule has 0 saturated heterocycles. The van der Waals surface area contributed by atoms with E-state index in [9.17, 15) is 4.57 Å². The average molecular weight is 221 g/mol. The molecule has 74 valence electrons. The normalized spacial score (nSPS) is 10.8. The van der Waals surface area contributed by atoms with Crippen molar-refractivity contribution in [2.45, 2.75) is 0 Å². The van der Waals surface area contributed by atoms with Gasteiger partial charge in [-0.1, -0.05) is 0 Å². The van der Waals surface area contributed by atoms with Gasteiger partial charge in [0.1, 0.15) is 0 Å². The van der Waals surface area contributed by atoms with Crippen LogP contribution in [0.1, 0.15) is 1.43 Å². The van der Waals surface area contributed by atoms with Crippen LogP contribution in [0.15, 0.2) is 0 Å². The molecule has 0 aliphatic heterocycles. The minimum absolute atomic E-state index is 0. The van der Waals surface area contributed by atoms with Gasteiger partial charge < -0.3 is 12.5 Å². The van der Waals surface area contributed by atoms with Gasteiger partial charge >= 0.3 is 37.8 Å². The summed E-state index contributed by atoms with van der Waals surface area (Å²) in [6, 6.07) is 0. The van der Waals surface area contributed by atoms with E-state index in [0.29, 0.717) is 19.6 Å². The summed E-state index contributed by atoms with van der Waals surface area (Å²) in [5, 5.41) is 2.99. The summed E-state index contributed by atoms with van der Waals surface area (Å²) in [7, 11) is -2.24. The second-order valence-corrected chi connectivity index (χ2v) is 2.69. The van der Waals surface area contributed by atoms with Crippen LogP contribution >= 0.6 is 8.25 Å². The Morgan fingerprint density at radius 1 is 1.38 bits per heavy atom. The van der Waals surface area contributed by atoms with Crippen molar-refractivity contribution < 1.29 is 44.8 Å². The molecule has 0 spiro atoms. The molecule has 0 aromatic heterocycles. The van der Waals surface area contributed by atoms with Crippen molar-refractivity contribution >= 4 is 8.25 Å². The Bertz CT molecular complexity index is 135. The molecule has 0 saturated carbocycles. The Kier molecular flexibility index (Phi) is 16.1. The summed E-state index contributed by atoms with van der Waals surface area (Å²) in [6.07, 6.45) is 0. The molecule has 0 aliphatic rings. The van der Waals surface area contributed by atoms with E-state index in [-0.39, 0.29) is 31.0 Å². The van der Waals surface area contributed by atoms with E-state index in [2.05, 4.69) is 25.9 Å². The van der Waals surface area contributed by atoms with Gasteiger partial charge in [-0.15, -0.1) is 5.48 Å². The minimum Gasteiger partial charge on any atom is -1.00 e. The Morgan fingerprint density at radius 3 is 2.62 bits per heavy atom. The van der Waals surface area contributed by atoms with Crippen molar-refractivity contribution in [2.24, 2.45) is 11.6 Å². The number of hydroxylamine groups is 1. The van der Waals surface area contributed by atoms with Gasteiger partial charge in [0.15, 0.2) is 0 Å². The summed E-state index contributed by atoms with van der Waals surface area (Å²) < 4.78 is 18.7. The first-order valence-corrected chi connectivity index (χ1v) is 4.55. The first-order valence-electron chi connectivity index (χ1n) is 3.46. The molecule has 6 N–H and O–H groups in total. The fraction of sp³-hybridized carbons (Fsp3) is 1.00. The van der Waals surface area contributed by atoms with Gasteiger partial charge in [-0.05, 0) is 9.25 Å². The predicted octanol–water partition coefficient (Wildman–Crippen LogP) is -4.28. The van der Waals surface area contributed by atoms with Gasteiger partial charge in [-0.2, -0.15) is 5.90 Å². The SMILES string of the molecule is NCCNCCNO[P+](=O)ON.[H-].[Na+]. The summed E-state index contributed by atoms with van der Waals surface area (Å²) in [6.45, 7) is 2.50. The number of nitrogens with one attached hydrogen (secondary N) is 2. The molecule has 1 unspecified atom stereocenters. The van der Waals surface area contributed by atoms with Gasteiger partial charge in [-0.3, -0.25) is 0 Å². The Balaban J connectivity index is -0.000000605. The molecule has 1 atom stereocenters. The molecular formula is C4H15N4NaO3P+. The molecule has 0 fully saturated rings. The Labute approximate surface area is 102 Å². The monoisotopic (exact) mass is 221 g/mol. The van der Waals surface area contributed by atoms with Crippen molar-refractivity contribution in [3.63, 3.8) is 0 Å². The number of hydrogen-bond acceptors (Lipinski definition) is 7. The van der Waals surface area contributed by atoms with Crippen molar-refractivity contribution in [3.05, 3.63) is 0 Å². The van der Waals surface area contributed by atoms with Crippen LogP contribution in [0.4, 0.5) is 0 Å². The number of rotatable bonds is 8. The molecule has 0 bridgehead atoms. The first-order chi connectivity index (χ1) is 5.81. The molecular weight excluding hydrogens is 206 g/mol. The largest absolute Gasteiger partial charge is 1.00 e. The van der Waals surface area contributed by atoms with E-state index in [0.717, 1.165) is 6.54 Å². The minimum atomic E-state index is -2.24. The quantitative estimate of drug-likeness (QED) is 0.142. The topological polar surface area (TPSA) is 112 Å². The third kappa shape index (κ3) is 12.9. The van der Waals surface area contributed by atoms with E-state index in [1.165, 1.54) is 0 Å². The molecule has 7 nitrogen and oxygen atoms in total. The van der Waals surface area contributed by atoms with E-state index >= 15 is 0 Å². The molecule has 0 aromatic rings. The van der Waals surface area contributed by atoms with E-state index in [4.69, 9.17) is 5.73 Å². The first kappa shape index (κ1) is 16.3. The fourth-order valence-electron chi connectivity index (χ4n) is 0.486. The van der Waals surface area contributed by atoms with Crippen LogP contribution in [0, 0.1) is 0 Å². The van der Waals surface area contributed by atoms with E-state index in [1.807, 2.05) is 0 Å². The zero-order valence-electron chi connectivity index (χ0n) is 8.66. The number of nitrogens with two attached hydrogens (primary N) is 2. The van der Waals surface area contributed by atoms with Crippen LogP contribution in [0.25, 0.3) is 0 Å². The summed E-state index contributed by atoms with van der Waals surface area (Å²) in [5.41, 5.74) is 7.62. The van der Waals surface area contributed by atoms with E-state index < -0.39 is 8.25 Å². The Hall–Kier alpha value is 0.860. The van der Waals surface area contributed by atoms with Crippen LogP contribution in [-0.4, -0.2) is 26.2 Å². The molecule has 9 heteroatoms. The third-order valence-corrected chi connectivity index (χ3v) is 1.40. The number of hydrogen-bond donors (Lipinski definition) is 4. The van der Waals surface area contributed by atoms with Crippen molar-refractivity contribution in [1.82, 2.24) is 10.8 Å². The molecule has 0 rings (SSSR count). The van der Waals surface area contributed by atoms with Crippen LogP contribution in [0.3, 0.4) is 0 Å². The molecule has 0 radical (unpaired) electrons. The zero-order valence-corrected chi connectivity index (χ0v) is 10.5. The van der Waals surface area contributed by atoms with Gasteiger partial charge in [-0.25, -0.2) is 0 Å². The molecule has 0 amide bonds. The van der Waals surface area contributed by atoms with Gasteiger partial charge in [0.25, 0.3) is 0 Å². The van der Waals surface area contributed by atoms with Crippen molar-refractivity contribution in [3.8, 4) is 0 Å². The molecule has 0 heterocycles. The average Bonchev–Trinajstić information content (AvgIpc) is 2.10. The molecule has 0 aromatic carbocycles. The summed E-state index contributed by atoms with van der Waals surface area (Å²) in [4.78, 5) is 0. The zero-order chi connectivity index (χ0) is 9.23. The van der Waals surface area contributed by atoms with Gasteiger partial charge in [0, 0.05) is 30.7 Å². The maximum atomic E-state index is 10.4. The van der Waals surface area contributed by atoms with Crippen molar-refractivity contribution in [2.75, 3.05) is 26.2 Å². The van der Waals surface area contributed by atoms with Crippen LogP contribution < -0.4 is 52.0 Å².